The van der Waals surface area contributed by atoms with Gasteiger partial charge in [-0.15, -0.1) is 0 Å². The molecule has 84 valence electrons. The number of hydrogen-bond acceptors (Lipinski definition) is 2. The first-order chi connectivity index (χ1) is 7.48. The van der Waals surface area contributed by atoms with Crippen LogP contribution in [-0.2, 0) is 0 Å². The number of halogens is 1. The summed E-state index contributed by atoms with van der Waals surface area (Å²) in [5.74, 6) is 0.838. The third-order valence-electron chi connectivity index (χ3n) is 2.29. The fourth-order valence-corrected chi connectivity index (χ4v) is 4.79. The van der Waals surface area contributed by atoms with Crippen molar-refractivity contribution in [2.45, 2.75) is 19.6 Å². The zero-order valence-electron chi connectivity index (χ0n) is 9.62. The summed E-state index contributed by atoms with van der Waals surface area (Å²) in [7, 11) is -1.43. The van der Waals surface area contributed by atoms with Crippen molar-refractivity contribution < 1.29 is 4.42 Å². The lowest BCUT2D eigenvalue weighted by molar-refractivity contribution is 0.609. The van der Waals surface area contributed by atoms with Gasteiger partial charge in [0.25, 0.3) is 0 Å². The van der Waals surface area contributed by atoms with E-state index in [1.165, 1.54) is 0 Å². The van der Waals surface area contributed by atoms with Crippen LogP contribution in [0.15, 0.2) is 39.4 Å². The molecule has 0 aliphatic rings. The third-order valence-corrected chi connectivity index (χ3v) is 4.97. The molecule has 2 aromatic heterocycles. The molecule has 0 amide bonds. The van der Waals surface area contributed by atoms with Crippen LogP contribution in [0.5, 0.6) is 0 Å². The molecule has 0 spiro atoms. The average Bonchev–Trinajstić information content (AvgIpc) is 2.61. The Kier molecular flexibility index (Phi) is 3.03. The second-order valence-electron chi connectivity index (χ2n) is 4.75. The molecular weight excluding hydrogens is 282 g/mol. The number of hydrogen-bond donors (Lipinski definition) is 0. The first-order valence-corrected chi connectivity index (χ1v) is 9.49. The van der Waals surface area contributed by atoms with Crippen molar-refractivity contribution >= 4 is 29.4 Å². The van der Waals surface area contributed by atoms with Crippen LogP contribution in [0.25, 0.3) is 11.5 Å². The van der Waals surface area contributed by atoms with Crippen LogP contribution in [0.2, 0.25) is 19.6 Å². The summed E-state index contributed by atoms with van der Waals surface area (Å²) >= 11 is 3.56. The first kappa shape index (κ1) is 11.6. The molecule has 2 aromatic rings. The summed E-state index contributed by atoms with van der Waals surface area (Å²) in [6.45, 7) is 6.79. The van der Waals surface area contributed by atoms with Gasteiger partial charge < -0.3 is 4.42 Å². The number of pyridine rings is 1. The summed E-state index contributed by atoms with van der Waals surface area (Å²) in [5.41, 5.74) is 0.882. The predicted molar refractivity (Wildman–Crippen MR) is 72.6 cm³/mol. The van der Waals surface area contributed by atoms with E-state index in [1.807, 2.05) is 24.3 Å². The molecule has 0 bridgehead atoms. The maximum Gasteiger partial charge on any atom is 0.153 e. The highest BCUT2D eigenvalue weighted by Crippen LogP contribution is 2.24. The lowest BCUT2D eigenvalue weighted by Gasteiger charge is -2.12. The molecule has 2 nitrogen and oxygen atoms in total. The standard InChI is InChI=1S/C12H14BrNOSi/c1-16(2,3)12-9(13)8-11(15-12)10-6-4-5-7-14-10/h4-8H,1-3H3. The highest BCUT2D eigenvalue weighted by molar-refractivity contribution is 9.10. The molecule has 4 heteroatoms. The van der Waals surface area contributed by atoms with Crippen molar-refractivity contribution in [3.63, 3.8) is 0 Å². The minimum absolute atomic E-state index is 0.838. The quantitative estimate of drug-likeness (QED) is 0.791. The van der Waals surface area contributed by atoms with E-state index in [0.717, 1.165) is 21.3 Å². The van der Waals surface area contributed by atoms with Gasteiger partial charge in [-0.05, 0) is 28.1 Å². The average molecular weight is 296 g/mol. The molecule has 2 rings (SSSR count). The van der Waals surface area contributed by atoms with Crippen LogP contribution < -0.4 is 5.38 Å². The predicted octanol–water partition coefficient (Wildman–Crippen LogP) is 3.65. The number of furan rings is 1. The summed E-state index contributed by atoms with van der Waals surface area (Å²) < 4.78 is 6.98. The molecule has 0 saturated heterocycles. The Labute approximate surface area is 105 Å². The van der Waals surface area contributed by atoms with Crippen molar-refractivity contribution in [2.24, 2.45) is 0 Å². The Morgan fingerprint density at radius 2 is 2.00 bits per heavy atom. The fourth-order valence-electron chi connectivity index (χ4n) is 1.51. The molecule has 0 aromatic carbocycles. The van der Waals surface area contributed by atoms with Gasteiger partial charge in [-0.3, -0.25) is 4.98 Å². The van der Waals surface area contributed by atoms with Gasteiger partial charge in [0, 0.05) is 12.3 Å². The van der Waals surface area contributed by atoms with Crippen LogP contribution in [0.3, 0.4) is 0 Å². The summed E-state index contributed by atoms with van der Waals surface area (Å²) in [6.07, 6.45) is 1.78. The van der Waals surface area contributed by atoms with Crippen LogP contribution in [0.1, 0.15) is 0 Å². The van der Waals surface area contributed by atoms with E-state index in [-0.39, 0.29) is 0 Å². The molecule has 0 aliphatic carbocycles. The highest BCUT2D eigenvalue weighted by Gasteiger charge is 2.25. The topological polar surface area (TPSA) is 26.0 Å². The molecule has 0 N–H and O–H groups in total. The maximum absolute atomic E-state index is 5.92. The highest BCUT2D eigenvalue weighted by atomic mass is 79.9. The minimum Gasteiger partial charge on any atom is -0.463 e. The van der Waals surface area contributed by atoms with Gasteiger partial charge in [0.2, 0.25) is 0 Å². The Hall–Kier alpha value is -0.873. The lowest BCUT2D eigenvalue weighted by Crippen LogP contribution is -2.37. The van der Waals surface area contributed by atoms with Crippen molar-refractivity contribution in [1.82, 2.24) is 4.98 Å². The molecule has 0 radical (unpaired) electrons. The second kappa shape index (κ2) is 4.18. The van der Waals surface area contributed by atoms with Crippen LogP contribution in [0, 0.1) is 0 Å². The van der Waals surface area contributed by atoms with Gasteiger partial charge in [-0.1, -0.05) is 25.7 Å². The van der Waals surface area contributed by atoms with Crippen molar-refractivity contribution in [2.75, 3.05) is 0 Å². The summed E-state index contributed by atoms with van der Waals surface area (Å²) in [6, 6.07) is 7.84. The molecule has 0 saturated carbocycles. The van der Waals surface area contributed by atoms with Crippen LogP contribution in [-0.4, -0.2) is 13.1 Å². The molecule has 0 aliphatic heterocycles. The van der Waals surface area contributed by atoms with E-state index in [9.17, 15) is 0 Å². The Morgan fingerprint density at radius 3 is 2.50 bits per heavy atom. The minimum atomic E-state index is -1.43. The largest absolute Gasteiger partial charge is 0.463 e. The monoisotopic (exact) mass is 295 g/mol. The zero-order chi connectivity index (χ0) is 11.8. The lowest BCUT2D eigenvalue weighted by atomic mass is 10.3. The van der Waals surface area contributed by atoms with Gasteiger partial charge in [0.05, 0.1) is 9.86 Å². The van der Waals surface area contributed by atoms with Crippen molar-refractivity contribution in [1.29, 1.82) is 0 Å². The normalized spacial score (nSPS) is 11.8. The number of rotatable bonds is 2. The van der Waals surface area contributed by atoms with Crippen molar-refractivity contribution in [3.05, 3.63) is 34.9 Å². The first-order valence-electron chi connectivity index (χ1n) is 5.20. The van der Waals surface area contributed by atoms with Crippen LogP contribution >= 0.6 is 15.9 Å². The molecule has 0 unspecified atom stereocenters. The van der Waals surface area contributed by atoms with Crippen molar-refractivity contribution in [3.8, 4) is 11.5 Å². The third kappa shape index (κ3) is 2.28. The van der Waals surface area contributed by atoms with Gasteiger partial charge in [-0.25, -0.2) is 0 Å². The molecule has 0 atom stereocenters. The zero-order valence-corrected chi connectivity index (χ0v) is 12.2. The molecular formula is C12H14BrNOSi. The SMILES string of the molecule is C[Si](C)(C)c1oc(-c2ccccn2)cc1Br. The molecule has 2 heterocycles. The Balaban J connectivity index is 2.47. The van der Waals surface area contributed by atoms with Gasteiger partial charge in [-0.2, -0.15) is 0 Å². The van der Waals surface area contributed by atoms with E-state index in [0.29, 0.717) is 0 Å². The van der Waals surface area contributed by atoms with E-state index in [4.69, 9.17) is 4.42 Å². The fraction of sp³-hybridized carbons (Fsp3) is 0.250. The van der Waals surface area contributed by atoms with E-state index in [2.05, 4.69) is 40.6 Å². The summed E-state index contributed by atoms with van der Waals surface area (Å²) in [5, 5.41) is 1.09. The number of nitrogens with zero attached hydrogens (tertiary/aromatic N) is 1. The molecule has 16 heavy (non-hydrogen) atoms. The Bertz CT molecular complexity index is 487. The second-order valence-corrected chi connectivity index (χ2v) is 10.6. The summed E-state index contributed by atoms with van der Waals surface area (Å²) in [4.78, 5) is 4.29. The Morgan fingerprint density at radius 1 is 1.25 bits per heavy atom. The van der Waals surface area contributed by atoms with E-state index < -0.39 is 8.07 Å². The van der Waals surface area contributed by atoms with Crippen LogP contribution in [0.4, 0.5) is 0 Å². The molecule has 0 fully saturated rings. The maximum atomic E-state index is 5.92. The van der Waals surface area contributed by atoms with Gasteiger partial charge in [0.15, 0.2) is 5.76 Å². The van der Waals surface area contributed by atoms with Gasteiger partial charge in [0.1, 0.15) is 13.8 Å². The smallest absolute Gasteiger partial charge is 0.153 e. The van der Waals surface area contributed by atoms with E-state index >= 15 is 0 Å². The van der Waals surface area contributed by atoms with Gasteiger partial charge >= 0.3 is 0 Å². The van der Waals surface area contributed by atoms with E-state index in [1.54, 1.807) is 6.20 Å². The number of aromatic nitrogens is 1.